The van der Waals surface area contributed by atoms with E-state index < -0.39 is 5.97 Å². The molecule has 84 valence electrons. The number of carboxylic acids is 1. The van der Waals surface area contributed by atoms with Crippen LogP contribution in [0.15, 0.2) is 23.0 Å². The Morgan fingerprint density at radius 2 is 2.12 bits per heavy atom. The third-order valence-corrected chi connectivity index (χ3v) is 2.73. The van der Waals surface area contributed by atoms with E-state index in [-0.39, 0.29) is 16.5 Å². The van der Waals surface area contributed by atoms with Crippen LogP contribution in [0.4, 0.5) is 0 Å². The van der Waals surface area contributed by atoms with Crippen LogP contribution in [0.25, 0.3) is 10.9 Å². The van der Waals surface area contributed by atoms with E-state index >= 15 is 0 Å². The molecular formula is C11H12N2O3. The number of rotatable bonds is 2. The molecule has 1 heterocycles. The first-order valence-corrected chi connectivity index (χ1v) is 4.99. The quantitative estimate of drug-likeness (QED) is 0.823. The molecule has 5 nitrogen and oxygen atoms in total. The zero-order valence-electron chi connectivity index (χ0n) is 9.10. The Labute approximate surface area is 91.5 Å². The monoisotopic (exact) mass is 220 g/mol. The Morgan fingerprint density at radius 1 is 1.44 bits per heavy atom. The molecule has 0 aliphatic rings. The minimum absolute atomic E-state index is 0.0605. The van der Waals surface area contributed by atoms with Crippen molar-refractivity contribution in [2.24, 2.45) is 7.05 Å². The van der Waals surface area contributed by atoms with E-state index in [0.717, 1.165) is 0 Å². The molecule has 0 unspecified atom stereocenters. The number of aromatic carboxylic acids is 1. The summed E-state index contributed by atoms with van der Waals surface area (Å²) in [4.78, 5) is 23.0. The van der Waals surface area contributed by atoms with Gasteiger partial charge in [0.05, 0.1) is 16.5 Å². The SMILES string of the molecule is CCn1c(=O)c2c(C(=O)O)cccc2n1C. The van der Waals surface area contributed by atoms with Crippen molar-refractivity contribution in [3.05, 3.63) is 34.1 Å². The van der Waals surface area contributed by atoms with Gasteiger partial charge in [-0.2, -0.15) is 0 Å². The third kappa shape index (κ3) is 1.25. The van der Waals surface area contributed by atoms with Gasteiger partial charge < -0.3 is 5.11 Å². The van der Waals surface area contributed by atoms with Crippen LogP contribution in [0, 0.1) is 0 Å². The molecule has 0 amide bonds. The molecule has 0 aliphatic heterocycles. The molecule has 2 aromatic rings. The number of nitrogens with zero attached hydrogens (tertiary/aromatic N) is 2. The van der Waals surface area contributed by atoms with Gasteiger partial charge in [-0.25, -0.2) is 4.79 Å². The second-order valence-electron chi connectivity index (χ2n) is 3.55. The number of aryl methyl sites for hydroxylation is 1. The van der Waals surface area contributed by atoms with Crippen molar-refractivity contribution in [3.63, 3.8) is 0 Å². The van der Waals surface area contributed by atoms with E-state index in [0.29, 0.717) is 12.1 Å². The van der Waals surface area contributed by atoms with E-state index in [1.54, 1.807) is 23.9 Å². The Balaban J connectivity index is 2.99. The predicted molar refractivity (Wildman–Crippen MR) is 59.8 cm³/mol. The fourth-order valence-electron chi connectivity index (χ4n) is 1.96. The Kier molecular flexibility index (Phi) is 2.30. The number of carbonyl (C=O) groups is 1. The number of benzene rings is 1. The average molecular weight is 220 g/mol. The van der Waals surface area contributed by atoms with Gasteiger partial charge in [0.1, 0.15) is 0 Å². The molecule has 2 rings (SSSR count). The molecule has 0 saturated carbocycles. The molecule has 1 N–H and O–H groups in total. The Bertz CT molecular complexity index is 622. The van der Waals surface area contributed by atoms with Gasteiger partial charge in [0.25, 0.3) is 5.56 Å². The lowest BCUT2D eigenvalue weighted by Gasteiger charge is -2.02. The number of hydrogen-bond donors (Lipinski definition) is 1. The summed E-state index contributed by atoms with van der Waals surface area (Å²) in [5.74, 6) is -1.07. The molecule has 0 radical (unpaired) electrons. The van der Waals surface area contributed by atoms with Crippen molar-refractivity contribution in [1.82, 2.24) is 9.36 Å². The second-order valence-corrected chi connectivity index (χ2v) is 3.55. The lowest BCUT2D eigenvalue weighted by Crippen LogP contribution is -2.20. The van der Waals surface area contributed by atoms with Crippen LogP contribution in [-0.4, -0.2) is 20.4 Å². The first kappa shape index (κ1) is 10.5. The first-order chi connectivity index (χ1) is 7.57. The number of carboxylic acid groups (broad SMARTS) is 1. The summed E-state index contributed by atoms with van der Waals surface area (Å²) in [5, 5.41) is 9.30. The van der Waals surface area contributed by atoms with Gasteiger partial charge in [0, 0.05) is 13.6 Å². The minimum atomic E-state index is -1.07. The summed E-state index contributed by atoms with van der Waals surface area (Å²) in [6.45, 7) is 2.36. The largest absolute Gasteiger partial charge is 0.478 e. The third-order valence-electron chi connectivity index (χ3n) is 2.73. The van der Waals surface area contributed by atoms with Gasteiger partial charge >= 0.3 is 5.97 Å². The fraction of sp³-hybridized carbons (Fsp3) is 0.273. The fourth-order valence-corrected chi connectivity index (χ4v) is 1.96. The summed E-state index contributed by atoms with van der Waals surface area (Å²) < 4.78 is 3.20. The molecular weight excluding hydrogens is 208 g/mol. The standard InChI is InChI=1S/C11H12N2O3/c1-3-13-10(14)9-7(11(15)16)5-4-6-8(9)12(13)2/h4-6H,3H2,1-2H3,(H,15,16). The zero-order valence-corrected chi connectivity index (χ0v) is 9.10. The summed E-state index contributed by atoms with van der Waals surface area (Å²) in [5.41, 5.74) is 0.454. The van der Waals surface area contributed by atoms with Crippen LogP contribution < -0.4 is 5.56 Å². The van der Waals surface area contributed by atoms with Crippen LogP contribution >= 0.6 is 0 Å². The first-order valence-electron chi connectivity index (χ1n) is 4.99. The summed E-state index contributed by atoms with van der Waals surface area (Å²) in [6, 6.07) is 4.84. The molecule has 5 heteroatoms. The van der Waals surface area contributed by atoms with Crippen molar-refractivity contribution in [2.45, 2.75) is 13.5 Å². The van der Waals surface area contributed by atoms with Gasteiger partial charge in [-0.05, 0) is 19.1 Å². The number of aromatic nitrogens is 2. The highest BCUT2D eigenvalue weighted by Gasteiger charge is 2.16. The van der Waals surface area contributed by atoms with Crippen molar-refractivity contribution < 1.29 is 9.90 Å². The normalized spacial score (nSPS) is 10.9. The van der Waals surface area contributed by atoms with E-state index in [2.05, 4.69) is 0 Å². The van der Waals surface area contributed by atoms with Crippen LogP contribution in [0.1, 0.15) is 17.3 Å². The van der Waals surface area contributed by atoms with Crippen molar-refractivity contribution in [2.75, 3.05) is 0 Å². The van der Waals surface area contributed by atoms with E-state index in [9.17, 15) is 9.59 Å². The van der Waals surface area contributed by atoms with Gasteiger partial charge in [0.15, 0.2) is 0 Å². The lowest BCUT2D eigenvalue weighted by molar-refractivity contribution is 0.0699. The second kappa shape index (κ2) is 3.52. The summed E-state index contributed by atoms with van der Waals surface area (Å²) in [7, 11) is 1.75. The van der Waals surface area contributed by atoms with Crippen LogP contribution in [0.2, 0.25) is 0 Å². The predicted octanol–water partition coefficient (Wildman–Crippen LogP) is 1.06. The topological polar surface area (TPSA) is 64.2 Å². The van der Waals surface area contributed by atoms with E-state index in [4.69, 9.17) is 5.11 Å². The van der Waals surface area contributed by atoms with Gasteiger partial charge in [-0.15, -0.1) is 0 Å². The highest BCUT2D eigenvalue weighted by atomic mass is 16.4. The summed E-state index contributed by atoms with van der Waals surface area (Å²) >= 11 is 0. The van der Waals surface area contributed by atoms with Crippen LogP contribution in [0.3, 0.4) is 0 Å². The van der Waals surface area contributed by atoms with Crippen molar-refractivity contribution in [1.29, 1.82) is 0 Å². The maximum atomic E-state index is 12.0. The molecule has 0 fully saturated rings. The maximum Gasteiger partial charge on any atom is 0.336 e. The molecule has 1 aromatic carbocycles. The smallest absolute Gasteiger partial charge is 0.336 e. The minimum Gasteiger partial charge on any atom is -0.478 e. The van der Waals surface area contributed by atoms with Crippen LogP contribution in [0.5, 0.6) is 0 Å². The lowest BCUT2D eigenvalue weighted by atomic mass is 10.1. The van der Waals surface area contributed by atoms with Crippen molar-refractivity contribution >= 4 is 16.9 Å². The molecule has 0 spiro atoms. The highest BCUT2D eigenvalue weighted by molar-refractivity contribution is 6.02. The van der Waals surface area contributed by atoms with Gasteiger partial charge in [-0.3, -0.25) is 14.2 Å². The average Bonchev–Trinajstić information content (AvgIpc) is 2.51. The highest BCUT2D eigenvalue weighted by Crippen LogP contribution is 2.15. The molecule has 16 heavy (non-hydrogen) atoms. The molecule has 0 aliphatic carbocycles. The van der Waals surface area contributed by atoms with E-state index in [1.165, 1.54) is 10.7 Å². The van der Waals surface area contributed by atoms with Gasteiger partial charge in [-0.1, -0.05) is 6.07 Å². The maximum absolute atomic E-state index is 12.0. The van der Waals surface area contributed by atoms with E-state index in [1.807, 2.05) is 6.92 Å². The van der Waals surface area contributed by atoms with Crippen LogP contribution in [-0.2, 0) is 13.6 Å². The molecule has 1 aromatic heterocycles. The number of fused-ring (bicyclic) bond motifs is 1. The molecule has 0 atom stereocenters. The number of hydrogen-bond acceptors (Lipinski definition) is 2. The molecule has 0 saturated heterocycles. The summed E-state index contributed by atoms with van der Waals surface area (Å²) in [6.07, 6.45) is 0. The molecule has 0 bridgehead atoms. The Hall–Kier alpha value is -2.04. The Morgan fingerprint density at radius 3 is 2.69 bits per heavy atom. The van der Waals surface area contributed by atoms with Gasteiger partial charge in [0.2, 0.25) is 0 Å². The van der Waals surface area contributed by atoms with Crippen molar-refractivity contribution in [3.8, 4) is 0 Å². The zero-order chi connectivity index (χ0) is 11.9.